The van der Waals surface area contributed by atoms with Gasteiger partial charge in [-0.15, -0.1) is 0 Å². The van der Waals surface area contributed by atoms with E-state index in [0.29, 0.717) is 5.69 Å². The van der Waals surface area contributed by atoms with Crippen LogP contribution in [-0.2, 0) is 14.3 Å². The number of Topliss-reactive ketones (excluding diaryl/α,β-unsaturated/α-hetero) is 1. The Labute approximate surface area is 177 Å². The lowest BCUT2D eigenvalue weighted by molar-refractivity contribution is -0.384. The van der Waals surface area contributed by atoms with E-state index < -0.39 is 29.2 Å². The molecule has 0 N–H and O–H groups in total. The second kappa shape index (κ2) is 8.35. The zero-order chi connectivity index (χ0) is 22.0. The molecule has 3 aromatic rings. The second-order valence-corrected chi connectivity index (χ2v) is 7.27. The van der Waals surface area contributed by atoms with Crippen molar-refractivity contribution in [2.75, 3.05) is 18.1 Å². The zero-order valence-corrected chi connectivity index (χ0v) is 16.4. The first-order valence-corrected chi connectivity index (χ1v) is 9.66. The molecule has 1 fully saturated rings. The maximum Gasteiger partial charge on any atom is 0.311 e. The minimum Gasteiger partial charge on any atom is -0.457 e. The number of ether oxygens (including phenoxy) is 1. The van der Waals surface area contributed by atoms with Crippen molar-refractivity contribution in [3.63, 3.8) is 0 Å². The quantitative estimate of drug-likeness (QED) is 0.262. The van der Waals surface area contributed by atoms with Crippen LogP contribution in [0.1, 0.15) is 16.8 Å². The first kappa shape index (κ1) is 20.2. The summed E-state index contributed by atoms with van der Waals surface area (Å²) in [5, 5.41) is 12.7. The van der Waals surface area contributed by atoms with Crippen LogP contribution in [0.2, 0.25) is 0 Å². The van der Waals surface area contributed by atoms with Crippen LogP contribution < -0.4 is 4.90 Å². The average molecular weight is 418 g/mol. The van der Waals surface area contributed by atoms with Crippen LogP contribution in [0.4, 0.5) is 11.4 Å². The fourth-order valence-electron chi connectivity index (χ4n) is 3.57. The Kier molecular flexibility index (Phi) is 5.44. The number of carbonyl (C=O) groups is 3. The fraction of sp³-hybridized carbons (Fsp3) is 0.174. The van der Waals surface area contributed by atoms with Crippen LogP contribution in [0, 0.1) is 16.0 Å². The number of esters is 1. The van der Waals surface area contributed by atoms with Crippen molar-refractivity contribution in [2.45, 2.75) is 6.42 Å². The predicted octanol–water partition coefficient (Wildman–Crippen LogP) is 3.53. The van der Waals surface area contributed by atoms with E-state index in [1.165, 1.54) is 24.3 Å². The normalized spacial score (nSPS) is 15.8. The van der Waals surface area contributed by atoms with Crippen molar-refractivity contribution < 1.29 is 24.0 Å². The number of anilines is 1. The number of rotatable bonds is 6. The Morgan fingerprint density at radius 1 is 1.03 bits per heavy atom. The molecule has 0 bridgehead atoms. The molecule has 156 valence electrons. The summed E-state index contributed by atoms with van der Waals surface area (Å²) in [5.41, 5.74) is 0.784. The van der Waals surface area contributed by atoms with Crippen molar-refractivity contribution in [1.82, 2.24) is 0 Å². The van der Waals surface area contributed by atoms with Crippen LogP contribution in [-0.4, -0.2) is 35.7 Å². The van der Waals surface area contributed by atoms with E-state index in [-0.39, 0.29) is 30.1 Å². The molecule has 0 spiro atoms. The molecule has 1 saturated heterocycles. The topological polar surface area (TPSA) is 107 Å². The van der Waals surface area contributed by atoms with E-state index in [1.54, 1.807) is 4.90 Å². The van der Waals surface area contributed by atoms with E-state index in [4.69, 9.17) is 4.74 Å². The minimum atomic E-state index is -0.663. The van der Waals surface area contributed by atoms with Gasteiger partial charge in [0.1, 0.15) is 0 Å². The molecule has 1 aliphatic heterocycles. The Morgan fingerprint density at radius 3 is 2.45 bits per heavy atom. The summed E-state index contributed by atoms with van der Waals surface area (Å²) < 4.78 is 5.12. The molecule has 1 heterocycles. The van der Waals surface area contributed by atoms with Gasteiger partial charge in [0, 0.05) is 36.3 Å². The van der Waals surface area contributed by atoms with E-state index in [1.807, 2.05) is 42.5 Å². The zero-order valence-electron chi connectivity index (χ0n) is 16.4. The fourth-order valence-corrected chi connectivity index (χ4v) is 3.57. The summed E-state index contributed by atoms with van der Waals surface area (Å²) in [6.07, 6.45) is 0.0113. The summed E-state index contributed by atoms with van der Waals surface area (Å²) in [5.74, 6) is -1.94. The molecule has 0 unspecified atom stereocenters. The highest BCUT2D eigenvalue weighted by atomic mass is 16.6. The van der Waals surface area contributed by atoms with Crippen molar-refractivity contribution in [3.05, 3.63) is 82.4 Å². The van der Waals surface area contributed by atoms with Gasteiger partial charge in [-0.3, -0.25) is 24.5 Å². The molecule has 1 aliphatic rings. The first-order valence-electron chi connectivity index (χ1n) is 9.66. The molecule has 1 atom stereocenters. The lowest BCUT2D eigenvalue weighted by atomic mass is 10.1. The molecule has 31 heavy (non-hydrogen) atoms. The molecular weight excluding hydrogens is 400 g/mol. The average Bonchev–Trinajstić information content (AvgIpc) is 3.18. The third-order valence-electron chi connectivity index (χ3n) is 5.25. The summed E-state index contributed by atoms with van der Waals surface area (Å²) in [4.78, 5) is 48.8. The Hall–Kier alpha value is -4.07. The van der Waals surface area contributed by atoms with Gasteiger partial charge >= 0.3 is 5.97 Å². The SMILES string of the molecule is O=C(COC(=O)[C@H]1CC(=O)N(c2ccc3ccccc3c2)C1)c1ccc([N+](=O)[O-])cc1. The number of hydrogen-bond acceptors (Lipinski definition) is 6. The van der Waals surface area contributed by atoms with E-state index >= 15 is 0 Å². The first-order chi connectivity index (χ1) is 14.9. The molecule has 1 amide bonds. The van der Waals surface area contributed by atoms with E-state index in [9.17, 15) is 24.5 Å². The van der Waals surface area contributed by atoms with Gasteiger partial charge in [0.05, 0.1) is 10.8 Å². The third kappa shape index (κ3) is 4.28. The summed E-state index contributed by atoms with van der Waals surface area (Å²) >= 11 is 0. The molecule has 0 saturated carbocycles. The molecule has 0 aliphatic carbocycles. The summed E-state index contributed by atoms with van der Waals surface area (Å²) in [7, 11) is 0. The van der Waals surface area contributed by atoms with Gasteiger partial charge in [-0.1, -0.05) is 30.3 Å². The summed E-state index contributed by atoms with van der Waals surface area (Å²) in [6, 6.07) is 18.5. The standard InChI is InChI=1S/C23H18N2O6/c26-21(16-6-8-19(9-7-16)25(29)30)14-31-23(28)18-12-22(27)24(13-18)20-10-5-15-3-1-2-4-17(15)11-20/h1-11,18H,12-14H2/t18-/m0/s1. The minimum absolute atomic E-state index is 0.0113. The van der Waals surface area contributed by atoms with Crippen LogP contribution in [0.3, 0.4) is 0 Å². The summed E-state index contributed by atoms with van der Waals surface area (Å²) in [6.45, 7) is -0.307. The van der Waals surface area contributed by atoms with Gasteiger partial charge in [0.15, 0.2) is 12.4 Å². The number of carbonyl (C=O) groups excluding carboxylic acids is 3. The van der Waals surface area contributed by atoms with Gasteiger partial charge < -0.3 is 9.64 Å². The van der Waals surface area contributed by atoms with Crippen LogP contribution in [0.25, 0.3) is 10.8 Å². The smallest absolute Gasteiger partial charge is 0.311 e. The van der Waals surface area contributed by atoms with E-state index in [0.717, 1.165) is 10.8 Å². The Morgan fingerprint density at radius 2 is 1.74 bits per heavy atom. The number of non-ortho nitro benzene ring substituents is 1. The third-order valence-corrected chi connectivity index (χ3v) is 5.25. The van der Waals surface area contributed by atoms with Gasteiger partial charge in [-0.25, -0.2) is 0 Å². The molecule has 0 aromatic heterocycles. The predicted molar refractivity (Wildman–Crippen MR) is 113 cm³/mol. The Bertz CT molecular complexity index is 1190. The van der Waals surface area contributed by atoms with Gasteiger partial charge in [0.2, 0.25) is 5.91 Å². The number of nitro benzene ring substituents is 1. The van der Waals surface area contributed by atoms with Gasteiger partial charge in [-0.2, -0.15) is 0 Å². The lowest BCUT2D eigenvalue weighted by Crippen LogP contribution is -2.27. The lowest BCUT2D eigenvalue weighted by Gasteiger charge is -2.17. The van der Waals surface area contributed by atoms with Crippen molar-refractivity contribution >= 4 is 39.8 Å². The Balaban J connectivity index is 1.37. The van der Waals surface area contributed by atoms with Crippen molar-refractivity contribution in [3.8, 4) is 0 Å². The molecule has 8 nitrogen and oxygen atoms in total. The van der Waals surface area contributed by atoms with E-state index in [2.05, 4.69) is 0 Å². The number of hydrogen-bond donors (Lipinski definition) is 0. The van der Waals surface area contributed by atoms with Crippen molar-refractivity contribution in [1.29, 1.82) is 0 Å². The number of amides is 1. The highest BCUT2D eigenvalue weighted by Crippen LogP contribution is 2.28. The molecule has 8 heteroatoms. The number of nitro groups is 1. The van der Waals surface area contributed by atoms with Crippen LogP contribution >= 0.6 is 0 Å². The number of ketones is 1. The molecule has 0 radical (unpaired) electrons. The number of fused-ring (bicyclic) bond motifs is 1. The van der Waals surface area contributed by atoms with Crippen molar-refractivity contribution in [2.24, 2.45) is 5.92 Å². The molecule has 4 rings (SSSR count). The second-order valence-electron chi connectivity index (χ2n) is 7.27. The molecular formula is C23H18N2O6. The monoisotopic (exact) mass is 418 g/mol. The van der Waals surface area contributed by atoms with Gasteiger partial charge in [0.25, 0.3) is 5.69 Å². The van der Waals surface area contributed by atoms with Crippen LogP contribution in [0.5, 0.6) is 0 Å². The largest absolute Gasteiger partial charge is 0.457 e. The van der Waals surface area contributed by atoms with Gasteiger partial charge in [-0.05, 0) is 35.0 Å². The maximum atomic E-state index is 12.5. The van der Waals surface area contributed by atoms with Crippen LogP contribution in [0.15, 0.2) is 66.7 Å². The maximum absolute atomic E-state index is 12.5. The highest BCUT2D eigenvalue weighted by Gasteiger charge is 2.36. The highest BCUT2D eigenvalue weighted by molar-refractivity contribution is 6.02. The molecule has 3 aromatic carbocycles. The number of nitrogens with zero attached hydrogens (tertiary/aromatic N) is 2. The number of benzene rings is 3.